The second-order valence-electron chi connectivity index (χ2n) is 17.3. The first kappa shape index (κ1) is 37.8. The molecule has 0 aliphatic carbocycles. The Morgan fingerprint density at radius 3 is 1.27 bits per heavy atom. The number of rotatable bonds is 7. The monoisotopic (exact) mass is 838 g/mol. The van der Waals surface area contributed by atoms with E-state index >= 15 is 0 Å². The van der Waals surface area contributed by atoms with Gasteiger partial charge in [-0.05, 0) is 132 Å². The molecular weight excluding hydrogens is 797 g/mol. The van der Waals surface area contributed by atoms with Crippen LogP contribution in [0, 0.1) is 0 Å². The number of anilines is 3. The fourth-order valence-electron chi connectivity index (χ4n) is 10.5. The van der Waals surface area contributed by atoms with E-state index in [1.807, 2.05) is 0 Å². The topological polar surface area (TPSA) is 8.17 Å². The van der Waals surface area contributed by atoms with Crippen molar-refractivity contribution in [3.8, 4) is 39.1 Å². The number of hydrogen-bond acceptors (Lipinski definition) is 1. The van der Waals surface area contributed by atoms with Crippen LogP contribution in [0.2, 0.25) is 0 Å². The SMILES string of the molecule is c1ccc(-c2ccc(N(c3ccc(-c4ccccc4)cc3)c3ccc4c5c(-c6ccc7c8ccccc8c8ccccc8c7c6)cc6ccccc6c5n(-c5ccccc5)c4c3)cc2)cc1. The highest BCUT2D eigenvalue weighted by Crippen LogP contribution is 2.47. The molecule has 2 nitrogen and oxygen atoms in total. The summed E-state index contributed by atoms with van der Waals surface area (Å²) in [6, 6.07) is 93.3. The quantitative estimate of drug-likeness (QED) is 0.145. The van der Waals surface area contributed by atoms with E-state index in [1.54, 1.807) is 0 Å². The number of aromatic nitrogens is 1. The molecule has 0 radical (unpaired) electrons. The summed E-state index contributed by atoms with van der Waals surface area (Å²) in [7, 11) is 0. The van der Waals surface area contributed by atoms with Gasteiger partial charge in [-0.15, -0.1) is 0 Å². The molecule has 0 unspecified atom stereocenters. The summed E-state index contributed by atoms with van der Waals surface area (Å²) in [4.78, 5) is 2.40. The summed E-state index contributed by atoms with van der Waals surface area (Å²) in [5, 5.41) is 12.6. The Kier molecular flexibility index (Phi) is 8.89. The third-order valence-electron chi connectivity index (χ3n) is 13.5. The highest BCUT2D eigenvalue weighted by atomic mass is 15.1. The van der Waals surface area contributed by atoms with Gasteiger partial charge in [-0.2, -0.15) is 0 Å². The van der Waals surface area contributed by atoms with Crippen molar-refractivity contribution in [2.45, 2.75) is 0 Å². The van der Waals surface area contributed by atoms with Crippen molar-refractivity contribution < 1.29 is 0 Å². The lowest BCUT2D eigenvalue weighted by atomic mass is 9.90. The molecule has 13 rings (SSSR count). The number of hydrogen-bond donors (Lipinski definition) is 0. The van der Waals surface area contributed by atoms with E-state index in [-0.39, 0.29) is 0 Å². The molecule has 0 saturated heterocycles. The highest BCUT2D eigenvalue weighted by Gasteiger charge is 2.23. The third kappa shape index (κ3) is 6.18. The van der Waals surface area contributed by atoms with Crippen molar-refractivity contribution in [3.05, 3.63) is 255 Å². The van der Waals surface area contributed by atoms with Gasteiger partial charge >= 0.3 is 0 Å². The summed E-state index contributed by atoms with van der Waals surface area (Å²) in [5.74, 6) is 0. The fourth-order valence-corrected chi connectivity index (χ4v) is 10.5. The van der Waals surface area contributed by atoms with Crippen LogP contribution in [0.5, 0.6) is 0 Å². The molecule has 1 aromatic heterocycles. The van der Waals surface area contributed by atoms with Crippen molar-refractivity contribution in [3.63, 3.8) is 0 Å². The van der Waals surface area contributed by atoms with E-state index in [0.29, 0.717) is 0 Å². The van der Waals surface area contributed by atoms with Gasteiger partial charge in [0.25, 0.3) is 0 Å². The van der Waals surface area contributed by atoms with Crippen LogP contribution in [0.25, 0.3) is 104 Å². The van der Waals surface area contributed by atoms with Crippen LogP contribution in [-0.2, 0) is 0 Å². The van der Waals surface area contributed by atoms with Crippen LogP contribution in [0.4, 0.5) is 17.1 Å². The third-order valence-corrected chi connectivity index (χ3v) is 13.5. The molecule has 0 bridgehead atoms. The summed E-state index contributed by atoms with van der Waals surface area (Å²) in [6.45, 7) is 0. The van der Waals surface area contributed by atoms with Crippen molar-refractivity contribution in [2.24, 2.45) is 0 Å². The van der Waals surface area contributed by atoms with Crippen molar-refractivity contribution in [1.29, 1.82) is 0 Å². The molecule has 0 aliphatic rings. The maximum atomic E-state index is 2.50. The Bertz CT molecular complexity index is 3830. The van der Waals surface area contributed by atoms with Gasteiger partial charge < -0.3 is 9.47 Å². The maximum Gasteiger partial charge on any atom is 0.0625 e. The minimum absolute atomic E-state index is 1.08. The largest absolute Gasteiger partial charge is 0.310 e. The molecule has 0 aliphatic heterocycles. The molecular formula is C64H42N2. The summed E-state index contributed by atoms with van der Waals surface area (Å²) < 4.78 is 2.50. The molecule has 1 heterocycles. The van der Waals surface area contributed by atoms with Crippen molar-refractivity contribution in [2.75, 3.05) is 4.90 Å². The minimum atomic E-state index is 1.08. The fraction of sp³-hybridized carbons (Fsp3) is 0. The maximum absolute atomic E-state index is 2.50. The van der Waals surface area contributed by atoms with Crippen LogP contribution in [0.3, 0.4) is 0 Å². The van der Waals surface area contributed by atoms with Crippen LogP contribution in [0.1, 0.15) is 0 Å². The van der Waals surface area contributed by atoms with Crippen molar-refractivity contribution in [1.82, 2.24) is 4.57 Å². The second kappa shape index (κ2) is 15.5. The Labute approximate surface area is 383 Å². The molecule has 2 heteroatoms. The van der Waals surface area contributed by atoms with Crippen LogP contribution < -0.4 is 4.90 Å². The Hall–Kier alpha value is -8.72. The van der Waals surface area contributed by atoms with Gasteiger partial charge in [-0.3, -0.25) is 0 Å². The average Bonchev–Trinajstić information content (AvgIpc) is 3.74. The number of fused-ring (bicyclic) bond motifs is 11. The van der Waals surface area contributed by atoms with Gasteiger partial charge in [0.1, 0.15) is 0 Å². The van der Waals surface area contributed by atoms with E-state index in [2.05, 4.69) is 264 Å². The molecule has 12 aromatic carbocycles. The van der Waals surface area contributed by atoms with Gasteiger partial charge in [0, 0.05) is 38.9 Å². The van der Waals surface area contributed by atoms with Crippen LogP contribution in [-0.4, -0.2) is 4.57 Å². The van der Waals surface area contributed by atoms with Crippen LogP contribution in [0.15, 0.2) is 255 Å². The van der Waals surface area contributed by atoms with Gasteiger partial charge in [0.05, 0.1) is 11.0 Å². The molecule has 0 saturated carbocycles. The van der Waals surface area contributed by atoms with Gasteiger partial charge in [0.15, 0.2) is 0 Å². The molecule has 0 amide bonds. The molecule has 308 valence electrons. The van der Waals surface area contributed by atoms with Crippen LogP contribution >= 0.6 is 0 Å². The van der Waals surface area contributed by atoms with E-state index in [1.165, 1.54) is 92.8 Å². The number of para-hydroxylation sites is 1. The zero-order valence-corrected chi connectivity index (χ0v) is 36.1. The first-order chi connectivity index (χ1) is 32.7. The average molecular weight is 839 g/mol. The summed E-state index contributed by atoms with van der Waals surface area (Å²) >= 11 is 0. The van der Waals surface area contributed by atoms with E-state index in [0.717, 1.165) is 28.3 Å². The lowest BCUT2D eigenvalue weighted by Gasteiger charge is -2.26. The molecule has 0 fully saturated rings. The molecule has 66 heavy (non-hydrogen) atoms. The molecule has 13 aromatic rings. The van der Waals surface area contributed by atoms with Gasteiger partial charge in [0.2, 0.25) is 0 Å². The predicted molar refractivity (Wildman–Crippen MR) is 282 cm³/mol. The van der Waals surface area contributed by atoms with Gasteiger partial charge in [-0.1, -0.05) is 194 Å². The van der Waals surface area contributed by atoms with E-state index in [4.69, 9.17) is 0 Å². The predicted octanol–water partition coefficient (Wildman–Crippen LogP) is 17.9. The molecule has 0 atom stereocenters. The summed E-state index contributed by atoms with van der Waals surface area (Å²) in [6.07, 6.45) is 0. The molecule has 0 spiro atoms. The van der Waals surface area contributed by atoms with E-state index < -0.39 is 0 Å². The zero-order chi connectivity index (χ0) is 43.6. The number of benzene rings is 12. The normalized spacial score (nSPS) is 11.6. The minimum Gasteiger partial charge on any atom is -0.310 e. The second-order valence-corrected chi connectivity index (χ2v) is 17.3. The lowest BCUT2D eigenvalue weighted by molar-refractivity contribution is 1.18. The standard InChI is InChI=1S/C64H42N2/c1-4-16-43(17-5-1)45-28-33-50(34-29-45)65(51-35-30-46(31-36-51)44-18-6-2-7-19-44)52-37-39-59-62(42-52)66(49-21-8-3-9-22-49)64-53-23-11-10-20-47(53)40-60(63(59)64)48-32-38-58-56-26-13-12-24-54(56)55-25-14-15-27-57(55)61(58)41-48/h1-42H. The first-order valence-electron chi connectivity index (χ1n) is 22.8. The highest BCUT2D eigenvalue weighted by molar-refractivity contribution is 6.28. The Balaban J connectivity index is 1.07. The van der Waals surface area contributed by atoms with Crippen molar-refractivity contribution >= 4 is 82.0 Å². The lowest BCUT2D eigenvalue weighted by Crippen LogP contribution is -2.10. The Morgan fingerprint density at radius 2 is 0.697 bits per heavy atom. The zero-order valence-electron chi connectivity index (χ0n) is 36.1. The smallest absolute Gasteiger partial charge is 0.0625 e. The first-order valence-corrected chi connectivity index (χ1v) is 22.8. The molecule has 0 N–H and O–H groups in total. The Morgan fingerprint density at radius 1 is 0.273 bits per heavy atom. The number of nitrogens with zero attached hydrogens (tertiary/aromatic N) is 2. The van der Waals surface area contributed by atoms with Gasteiger partial charge in [-0.25, -0.2) is 0 Å². The van der Waals surface area contributed by atoms with E-state index in [9.17, 15) is 0 Å². The summed E-state index contributed by atoms with van der Waals surface area (Å²) in [5.41, 5.74) is 13.9.